The molecule has 1 aromatic heterocycles. The summed E-state index contributed by atoms with van der Waals surface area (Å²) >= 11 is 12.2. The van der Waals surface area contributed by atoms with Crippen molar-refractivity contribution in [2.45, 2.75) is 0 Å². The Labute approximate surface area is 175 Å². The number of nitrogens with zero attached hydrogens (tertiary/aromatic N) is 1. The van der Waals surface area contributed by atoms with E-state index in [1.807, 2.05) is 0 Å². The maximum absolute atomic E-state index is 12.6. The van der Waals surface area contributed by atoms with Crippen molar-refractivity contribution in [3.05, 3.63) is 70.2 Å². The van der Waals surface area contributed by atoms with Crippen molar-refractivity contribution in [2.75, 3.05) is 12.1 Å². The summed E-state index contributed by atoms with van der Waals surface area (Å²) in [6.45, 7) is 0.156. The number of benzene rings is 3. The second-order valence-electron chi connectivity index (χ2n) is 6.35. The van der Waals surface area contributed by atoms with E-state index in [0.29, 0.717) is 55.3 Å². The van der Waals surface area contributed by atoms with Gasteiger partial charge in [-0.25, -0.2) is 4.98 Å². The number of carbonyl (C=O) groups is 1. The fourth-order valence-corrected chi connectivity index (χ4v) is 3.51. The van der Waals surface area contributed by atoms with Crippen LogP contribution in [0.3, 0.4) is 0 Å². The van der Waals surface area contributed by atoms with Crippen molar-refractivity contribution in [3.63, 3.8) is 0 Å². The van der Waals surface area contributed by atoms with E-state index in [1.165, 1.54) is 0 Å². The summed E-state index contributed by atoms with van der Waals surface area (Å²) in [5.41, 5.74) is 2.85. The molecule has 0 saturated heterocycles. The van der Waals surface area contributed by atoms with Crippen LogP contribution in [0.1, 0.15) is 10.4 Å². The van der Waals surface area contributed by atoms with E-state index in [-0.39, 0.29) is 12.7 Å². The fourth-order valence-electron chi connectivity index (χ4n) is 3.02. The number of hydrogen-bond acceptors (Lipinski definition) is 5. The molecule has 6 nitrogen and oxygen atoms in total. The van der Waals surface area contributed by atoms with E-state index < -0.39 is 0 Å². The number of ether oxygens (including phenoxy) is 2. The van der Waals surface area contributed by atoms with Crippen LogP contribution in [0.5, 0.6) is 11.5 Å². The van der Waals surface area contributed by atoms with Crippen LogP contribution in [-0.2, 0) is 0 Å². The van der Waals surface area contributed by atoms with Crippen LogP contribution in [0.2, 0.25) is 10.0 Å². The molecule has 1 aliphatic heterocycles. The normalized spacial score (nSPS) is 12.3. The third kappa shape index (κ3) is 3.37. The molecular weight excluding hydrogens is 415 g/mol. The number of amides is 1. The molecule has 0 spiro atoms. The minimum atomic E-state index is -0.271. The molecule has 8 heteroatoms. The van der Waals surface area contributed by atoms with E-state index in [0.717, 1.165) is 0 Å². The number of anilines is 1. The Kier molecular flexibility index (Phi) is 4.30. The first-order valence-corrected chi connectivity index (χ1v) is 9.39. The zero-order valence-corrected chi connectivity index (χ0v) is 16.3. The summed E-state index contributed by atoms with van der Waals surface area (Å²) in [5, 5.41) is 3.82. The van der Waals surface area contributed by atoms with Gasteiger partial charge in [0.1, 0.15) is 5.52 Å². The van der Waals surface area contributed by atoms with E-state index in [2.05, 4.69) is 10.3 Å². The summed E-state index contributed by atoms with van der Waals surface area (Å²) in [4.78, 5) is 17.1. The lowest BCUT2D eigenvalue weighted by atomic mass is 10.2. The molecule has 2 heterocycles. The smallest absolute Gasteiger partial charge is 0.255 e. The Hall–Kier alpha value is -3.22. The van der Waals surface area contributed by atoms with Gasteiger partial charge in [-0.1, -0.05) is 23.2 Å². The van der Waals surface area contributed by atoms with Gasteiger partial charge in [-0.2, -0.15) is 0 Å². The lowest BCUT2D eigenvalue weighted by Gasteiger charge is -2.05. The molecule has 1 aliphatic rings. The molecule has 144 valence electrons. The van der Waals surface area contributed by atoms with Crippen LogP contribution in [0.25, 0.3) is 22.6 Å². The van der Waals surface area contributed by atoms with Gasteiger partial charge in [0.25, 0.3) is 5.91 Å². The monoisotopic (exact) mass is 426 g/mol. The summed E-state index contributed by atoms with van der Waals surface area (Å²) in [7, 11) is 0. The SMILES string of the molecule is O=C(Nc1ccc2oc(-c3ccc(Cl)cc3Cl)nc2c1)c1ccc2c(c1)OCO2. The minimum Gasteiger partial charge on any atom is -0.454 e. The van der Waals surface area contributed by atoms with E-state index in [1.54, 1.807) is 54.6 Å². The molecule has 0 atom stereocenters. The second-order valence-corrected chi connectivity index (χ2v) is 7.19. The van der Waals surface area contributed by atoms with Crippen molar-refractivity contribution in [1.82, 2.24) is 4.98 Å². The fraction of sp³-hybridized carbons (Fsp3) is 0.0476. The topological polar surface area (TPSA) is 73.6 Å². The zero-order chi connectivity index (χ0) is 20.0. The van der Waals surface area contributed by atoms with Crippen molar-refractivity contribution >= 4 is 45.9 Å². The Morgan fingerprint density at radius 1 is 0.966 bits per heavy atom. The highest BCUT2D eigenvalue weighted by Crippen LogP contribution is 2.34. The Bertz CT molecular complexity index is 1270. The number of oxazole rings is 1. The largest absolute Gasteiger partial charge is 0.454 e. The van der Waals surface area contributed by atoms with Crippen molar-refractivity contribution in [3.8, 4) is 23.0 Å². The second kappa shape index (κ2) is 6.99. The Balaban J connectivity index is 1.42. The van der Waals surface area contributed by atoms with Gasteiger partial charge in [0.15, 0.2) is 17.1 Å². The first-order chi connectivity index (χ1) is 14.1. The van der Waals surface area contributed by atoms with E-state index in [4.69, 9.17) is 37.1 Å². The van der Waals surface area contributed by atoms with Crippen LogP contribution in [0.4, 0.5) is 5.69 Å². The lowest BCUT2D eigenvalue weighted by molar-refractivity contribution is 0.102. The summed E-state index contributed by atoms with van der Waals surface area (Å²) in [5.74, 6) is 1.28. The predicted octanol–water partition coefficient (Wildman–Crippen LogP) is 5.78. The third-order valence-electron chi connectivity index (χ3n) is 4.44. The van der Waals surface area contributed by atoms with Gasteiger partial charge in [0.05, 0.1) is 10.6 Å². The molecule has 5 rings (SSSR count). The Morgan fingerprint density at radius 3 is 2.69 bits per heavy atom. The molecule has 0 bridgehead atoms. The minimum absolute atomic E-state index is 0.156. The highest BCUT2D eigenvalue weighted by atomic mass is 35.5. The van der Waals surface area contributed by atoms with E-state index >= 15 is 0 Å². The maximum atomic E-state index is 12.6. The molecule has 3 aromatic carbocycles. The molecule has 0 fully saturated rings. The highest BCUT2D eigenvalue weighted by Gasteiger charge is 2.17. The molecule has 0 unspecified atom stereocenters. The van der Waals surface area contributed by atoms with Crippen LogP contribution in [0, 0.1) is 0 Å². The van der Waals surface area contributed by atoms with Crippen molar-refractivity contribution < 1.29 is 18.7 Å². The van der Waals surface area contributed by atoms with E-state index in [9.17, 15) is 4.79 Å². The lowest BCUT2D eigenvalue weighted by Crippen LogP contribution is -2.11. The number of halogens is 2. The number of hydrogen-bond donors (Lipinski definition) is 1. The maximum Gasteiger partial charge on any atom is 0.255 e. The molecular formula is C21H12Cl2N2O4. The number of rotatable bonds is 3. The molecule has 0 saturated carbocycles. The number of fused-ring (bicyclic) bond motifs is 2. The van der Waals surface area contributed by atoms with Crippen LogP contribution in [-0.4, -0.2) is 17.7 Å². The third-order valence-corrected chi connectivity index (χ3v) is 4.99. The summed E-state index contributed by atoms with van der Waals surface area (Å²) in [6, 6.07) is 15.3. The quantitative estimate of drug-likeness (QED) is 0.449. The van der Waals surface area contributed by atoms with Gasteiger partial charge in [0.2, 0.25) is 12.7 Å². The molecule has 4 aromatic rings. The average Bonchev–Trinajstić information content (AvgIpc) is 3.33. The van der Waals surface area contributed by atoms with Crippen molar-refractivity contribution in [2.24, 2.45) is 0 Å². The molecule has 0 aliphatic carbocycles. The molecule has 0 radical (unpaired) electrons. The molecule has 1 amide bonds. The van der Waals surface area contributed by atoms with Crippen molar-refractivity contribution in [1.29, 1.82) is 0 Å². The number of carbonyl (C=O) groups excluding carboxylic acids is 1. The zero-order valence-electron chi connectivity index (χ0n) is 14.7. The molecule has 1 N–H and O–H groups in total. The van der Waals surface area contributed by atoms with Gasteiger partial charge in [-0.05, 0) is 54.6 Å². The number of aromatic nitrogens is 1. The molecule has 29 heavy (non-hydrogen) atoms. The highest BCUT2D eigenvalue weighted by molar-refractivity contribution is 6.36. The standard InChI is InChI=1S/C21H12Cl2N2O4/c22-12-2-4-14(15(23)8-12)21-25-16-9-13(3-6-17(16)29-21)24-20(26)11-1-5-18-19(7-11)28-10-27-18/h1-9H,10H2,(H,24,26). The van der Waals surface area contributed by atoms with Gasteiger partial charge < -0.3 is 19.2 Å². The van der Waals surface area contributed by atoms with Gasteiger partial charge in [-0.3, -0.25) is 4.79 Å². The van der Waals surface area contributed by atoms with Gasteiger partial charge in [-0.15, -0.1) is 0 Å². The first-order valence-electron chi connectivity index (χ1n) is 8.64. The van der Waals surface area contributed by atoms with Crippen LogP contribution < -0.4 is 14.8 Å². The predicted molar refractivity (Wildman–Crippen MR) is 110 cm³/mol. The van der Waals surface area contributed by atoms with Gasteiger partial charge >= 0.3 is 0 Å². The van der Waals surface area contributed by atoms with Crippen LogP contribution >= 0.6 is 23.2 Å². The first kappa shape index (κ1) is 17.8. The average molecular weight is 427 g/mol. The van der Waals surface area contributed by atoms with Gasteiger partial charge in [0, 0.05) is 16.3 Å². The van der Waals surface area contributed by atoms with Crippen LogP contribution in [0.15, 0.2) is 59.0 Å². The number of nitrogens with one attached hydrogen (secondary N) is 1. The Morgan fingerprint density at radius 2 is 1.83 bits per heavy atom. The summed E-state index contributed by atoms with van der Waals surface area (Å²) < 4.78 is 16.4. The summed E-state index contributed by atoms with van der Waals surface area (Å²) in [6.07, 6.45) is 0.